The van der Waals surface area contributed by atoms with Crippen molar-refractivity contribution in [3.8, 4) is 5.75 Å². The van der Waals surface area contributed by atoms with E-state index in [0.29, 0.717) is 19.1 Å². The summed E-state index contributed by atoms with van der Waals surface area (Å²) >= 11 is 0. The number of piperidine rings is 1. The lowest BCUT2D eigenvalue weighted by Crippen LogP contribution is -2.53. The van der Waals surface area contributed by atoms with Gasteiger partial charge in [-0.05, 0) is 92.5 Å². The van der Waals surface area contributed by atoms with Crippen LogP contribution in [0.1, 0.15) is 65.6 Å². The number of hydrogen-bond acceptors (Lipinski definition) is 6. The van der Waals surface area contributed by atoms with Gasteiger partial charge in [0.15, 0.2) is 6.35 Å². The number of rotatable bonds is 7. The summed E-state index contributed by atoms with van der Waals surface area (Å²) in [6.07, 6.45) is 3.71. The van der Waals surface area contributed by atoms with E-state index in [1.54, 1.807) is 24.3 Å². The molecule has 2 aromatic rings. The second kappa shape index (κ2) is 9.21. The fourth-order valence-corrected chi connectivity index (χ4v) is 5.50. The zero-order valence-corrected chi connectivity index (χ0v) is 20.1. The Hall–Kier alpha value is -2.61. The summed E-state index contributed by atoms with van der Waals surface area (Å²) in [5.74, 6) is 0.760. The number of likely N-dealkylation sites (tertiary alicyclic amines) is 1. The van der Waals surface area contributed by atoms with Crippen molar-refractivity contribution in [2.24, 2.45) is 0 Å². The van der Waals surface area contributed by atoms with Gasteiger partial charge in [0.1, 0.15) is 5.75 Å². The van der Waals surface area contributed by atoms with Crippen LogP contribution in [-0.2, 0) is 6.54 Å². The lowest BCUT2D eigenvalue weighted by atomic mass is 9.87. The smallest absolute Gasteiger partial charge is 0.335 e. The molecule has 1 atom stereocenters. The van der Waals surface area contributed by atoms with Crippen LogP contribution < -0.4 is 15.0 Å². The molecule has 2 aromatic carbocycles. The van der Waals surface area contributed by atoms with E-state index >= 15 is 0 Å². The van der Waals surface area contributed by atoms with Crippen molar-refractivity contribution in [2.45, 2.75) is 63.9 Å². The van der Waals surface area contributed by atoms with Crippen molar-refractivity contribution >= 4 is 11.7 Å². The molecule has 2 aliphatic heterocycles. The van der Waals surface area contributed by atoms with E-state index in [-0.39, 0.29) is 11.1 Å². The third-order valence-corrected chi connectivity index (χ3v) is 7.61. The number of benzene rings is 2. The number of aliphatic hydroxyl groups excluding tert-OH is 1. The number of aliphatic hydroxyl groups is 1. The molecule has 0 aromatic heterocycles. The predicted molar refractivity (Wildman–Crippen MR) is 131 cm³/mol. The molecule has 0 bridgehead atoms. The van der Waals surface area contributed by atoms with E-state index in [4.69, 9.17) is 9.84 Å². The maximum absolute atomic E-state index is 11.1. The van der Waals surface area contributed by atoms with Crippen LogP contribution in [0.5, 0.6) is 5.75 Å². The van der Waals surface area contributed by atoms with Gasteiger partial charge in [0, 0.05) is 37.4 Å². The summed E-state index contributed by atoms with van der Waals surface area (Å²) in [4.78, 5) is 15.6. The topological polar surface area (TPSA) is 85.3 Å². The van der Waals surface area contributed by atoms with E-state index in [1.165, 1.54) is 29.5 Å². The zero-order valence-electron chi connectivity index (χ0n) is 20.1. The van der Waals surface area contributed by atoms with Crippen LogP contribution in [0.4, 0.5) is 5.69 Å². The number of anilines is 1. The Balaban J connectivity index is 1.24. The first-order valence-electron chi connectivity index (χ1n) is 12.4. The van der Waals surface area contributed by atoms with Gasteiger partial charge in [0.05, 0.1) is 12.2 Å². The summed E-state index contributed by atoms with van der Waals surface area (Å²) < 4.78 is 5.89. The molecule has 1 saturated carbocycles. The maximum atomic E-state index is 11.1. The SMILES string of the molecule is CCOc1cc(CN2CCC3(CC2)CN(c2ccc(C(=O)O)cc2)C(O)N3)c(C2CC2)cc1C. The van der Waals surface area contributed by atoms with Crippen LogP contribution in [-0.4, -0.2) is 59.2 Å². The molecule has 3 N–H and O–H groups in total. The first-order chi connectivity index (χ1) is 16.4. The number of aryl methyl sites for hydroxylation is 1. The molecular weight excluding hydrogens is 430 g/mol. The molecule has 2 heterocycles. The number of hydrogen-bond donors (Lipinski definition) is 3. The van der Waals surface area contributed by atoms with Gasteiger partial charge >= 0.3 is 5.97 Å². The monoisotopic (exact) mass is 465 g/mol. The average molecular weight is 466 g/mol. The first kappa shape index (κ1) is 23.1. The van der Waals surface area contributed by atoms with Crippen molar-refractivity contribution in [3.05, 3.63) is 58.7 Å². The van der Waals surface area contributed by atoms with Crippen molar-refractivity contribution in [1.29, 1.82) is 0 Å². The number of aromatic carboxylic acids is 1. The number of carboxylic acids is 1. The number of ether oxygens (including phenoxy) is 1. The van der Waals surface area contributed by atoms with E-state index in [9.17, 15) is 9.90 Å². The van der Waals surface area contributed by atoms with Crippen LogP contribution in [0.2, 0.25) is 0 Å². The summed E-state index contributed by atoms with van der Waals surface area (Å²) in [6.45, 7) is 8.43. The zero-order chi connectivity index (χ0) is 23.9. The molecule has 1 aliphatic carbocycles. The number of nitrogens with zero attached hydrogens (tertiary/aromatic N) is 2. The molecule has 5 rings (SSSR count). The number of nitrogens with one attached hydrogen (secondary N) is 1. The summed E-state index contributed by atoms with van der Waals surface area (Å²) in [5.41, 5.74) is 5.07. The summed E-state index contributed by atoms with van der Waals surface area (Å²) in [5, 5.41) is 23.3. The molecule has 0 radical (unpaired) electrons. The molecule has 7 nitrogen and oxygen atoms in total. The summed E-state index contributed by atoms with van der Waals surface area (Å²) in [7, 11) is 0. The van der Waals surface area contributed by atoms with Gasteiger partial charge in [-0.15, -0.1) is 0 Å². The Kier molecular flexibility index (Phi) is 6.27. The third kappa shape index (κ3) is 4.65. The lowest BCUT2D eigenvalue weighted by molar-refractivity contribution is 0.0697. The van der Waals surface area contributed by atoms with Crippen LogP contribution in [0.3, 0.4) is 0 Å². The number of carboxylic acid groups (broad SMARTS) is 1. The molecule has 3 aliphatic rings. The Morgan fingerprint density at radius 1 is 1.18 bits per heavy atom. The van der Waals surface area contributed by atoms with Crippen molar-refractivity contribution in [2.75, 3.05) is 31.1 Å². The van der Waals surface area contributed by atoms with Crippen LogP contribution in [0.15, 0.2) is 36.4 Å². The van der Waals surface area contributed by atoms with E-state index in [0.717, 1.165) is 43.9 Å². The highest BCUT2D eigenvalue weighted by Crippen LogP contribution is 2.44. The fraction of sp³-hybridized carbons (Fsp3) is 0.519. The molecule has 1 unspecified atom stereocenters. The average Bonchev–Trinajstić information content (AvgIpc) is 3.61. The van der Waals surface area contributed by atoms with Gasteiger partial charge in [0.25, 0.3) is 0 Å². The number of carbonyl (C=O) groups is 1. The molecule has 182 valence electrons. The van der Waals surface area contributed by atoms with E-state index in [2.05, 4.69) is 29.3 Å². The quantitative estimate of drug-likeness (QED) is 0.575. The minimum atomic E-state index is -0.942. The minimum Gasteiger partial charge on any atom is -0.494 e. The standard InChI is InChI=1S/C27H35N3O4/c1-3-34-24-15-21(23(14-18(24)2)19-4-5-19)16-29-12-10-27(11-13-29)17-30(26(33)28-27)22-8-6-20(7-9-22)25(31)32/h6-9,14-15,19,26,28,33H,3-5,10-13,16-17H2,1-2H3,(H,31,32). The Bertz CT molecular complexity index is 1040. The second-order valence-electron chi connectivity index (χ2n) is 10.1. The second-order valence-corrected chi connectivity index (χ2v) is 10.1. The van der Waals surface area contributed by atoms with Crippen molar-refractivity contribution < 1.29 is 19.7 Å². The maximum Gasteiger partial charge on any atom is 0.335 e. The minimum absolute atomic E-state index is 0.134. The Morgan fingerprint density at radius 3 is 2.50 bits per heavy atom. The lowest BCUT2D eigenvalue weighted by Gasteiger charge is -2.39. The van der Waals surface area contributed by atoms with E-state index in [1.807, 2.05) is 11.8 Å². The molecular formula is C27H35N3O4. The van der Waals surface area contributed by atoms with Gasteiger partial charge in [-0.25, -0.2) is 4.79 Å². The molecule has 2 saturated heterocycles. The predicted octanol–water partition coefficient (Wildman–Crippen LogP) is 3.69. The van der Waals surface area contributed by atoms with Gasteiger partial charge < -0.3 is 19.8 Å². The molecule has 7 heteroatoms. The van der Waals surface area contributed by atoms with Gasteiger partial charge in [-0.3, -0.25) is 10.2 Å². The van der Waals surface area contributed by atoms with Crippen LogP contribution in [0.25, 0.3) is 0 Å². The normalized spacial score (nSPS) is 22.3. The highest BCUT2D eigenvalue weighted by molar-refractivity contribution is 5.88. The Morgan fingerprint density at radius 2 is 1.88 bits per heavy atom. The van der Waals surface area contributed by atoms with Crippen LogP contribution >= 0.6 is 0 Å². The molecule has 1 spiro atoms. The molecule has 0 amide bonds. The molecule has 34 heavy (non-hydrogen) atoms. The first-order valence-corrected chi connectivity index (χ1v) is 12.4. The van der Waals surface area contributed by atoms with Gasteiger partial charge in [0.2, 0.25) is 0 Å². The van der Waals surface area contributed by atoms with Crippen LogP contribution in [0, 0.1) is 6.92 Å². The summed E-state index contributed by atoms with van der Waals surface area (Å²) in [6, 6.07) is 11.3. The largest absolute Gasteiger partial charge is 0.494 e. The Labute approximate surface area is 201 Å². The van der Waals surface area contributed by atoms with Crippen molar-refractivity contribution in [3.63, 3.8) is 0 Å². The van der Waals surface area contributed by atoms with E-state index < -0.39 is 12.3 Å². The molecule has 3 fully saturated rings. The highest BCUT2D eigenvalue weighted by atomic mass is 16.5. The van der Waals surface area contributed by atoms with Gasteiger partial charge in [-0.2, -0.15) is 0 Å². The van der Waals surface area contributed by atoms with Crippen molar-refractivity contribution in [1.82, 2.24) is 10.2 Å². The third-order valence-electron chi connectivity index (χ3n) is 7.61. The van der Waals surface area contributed by atoms with Gasteiger partial charge in [-0.1, -0.05) is 6.07 Å². The fourth-order valence-electron chi connectivity index (χ4n) is 5.50. The highest BCUT2D eigenvalue weighted by Gasteiger charge is 2.44.